The molecule has 0 bridgehead atoms. The highest BCUT2D eigenvalue weighted by Crippen LogP contribution is 2.26. The van der Waals surface area contributed by atoms with Crippen LogP contribution in [0.5, 0.6) is 0 Å². The lowest BCUT2D eigenvalue weighted by Crippen LogP contribution is -2.42. The van der Waals surface area contributed by atoms with E-state index >= 15 is 0 Å². The normalized spacial score (nSPS) is 17.4. The van der Waals surface area contributed by atoms with E-state index in [0.717, 1.165) is 17.2 Å². The van der Waals surface area contributed by atoms with Crippen molar-refractivity contribution >= 4 is 5.91 Å². The number of hydrogen-bond acceptors (Lipinski definition) is 5. The summed E-state index contributed by atoms with van der Waals surface area (Å²) in [6.45, 7) is 5.68. The van der Waals surface area contributed by atoms with Crippen LogP contribution >= 0.6 is 0 Å². The van der Waals surface area contributed by atoms with Gasteiger partial charge in [-0.1, -0.05) is 0 Å². The van der Waals surface area contributed by atoms with Gasteiger partial charge in [-0.05, 0) is 13.8 Å². The molecule has 1 atom stereocenters. The minimum atomic E-state index is -0.109. The Labute approximate surface area is 129 Å². The predicted molar refractivity (Wildman–Crippen MR) is 79.2 cm³/mol. The average molecular weight is 301 g/mol. The second-order valence-electron chi connectivity index (χ2n) is 5.41. The van der Waals surface area contributed by atoms with Gasteiger partial charge in [-0.2, -0.15) is 0 Å². The topological polar surface area (TPSA) is 73.1 Å². The first-order chi connectivity index (χ1) is 10.6. The fraction of sp³-hybridized carbons (Fsp3) is 0.467. The van der Waals surface area contributed by atoms with Gasteiger partial charge in [0.1, 0.15) is 11.5 Å². The summed E-state index contributed by atoms with van der Waals surface area (Å²) in [7, 11) is 1.66. The van der Waals surface area contributed by atoms with Crippen molar-refractivity contribution in [3.8, 4) is 0 Å². The number of methoxy groups -OCH3 is 1. The first-order valence-electron chi connectivity index (χ1n) is 7.24. The van der Waals surface area contributed by atoms with E-state index in [2.05, 4.69) is 19.5 Å². The van der Waals surface area contributed by atoms with E-state index in [1.165, 1.54) is 6.20 Å². The monoisotopic (exact) mass is 301 g/mol. The van der Waals surface area contributed by atoms with Crippen LogP contribution in [-0.2, 0) is 17.9 Å². The highest BCUT2D eigenvalue weighted by atomic mass is 16.5. The summed E-state index contributed by atoms with van der Waals surface area (Å²) in [6, 6.07) is -0.102. The van der Waals surface area contributed by atoms with Gasteiger partial charge in [0.25, 0.3) is 5.91 Å². The molecular weight excluding hydrogens is 282 g/mol. The van der Waals surface area contributed by atoms with E-state index in [4.69, 9.17) is 4.74 Å². The lowest BCUT2D eigenvalue weighted by molar-refractivity contribution is 0.0626. The van der Waals surface area contributed by atoms with Gasteiger partial charge >= 0.3 is 0 Å². The molecule has 0 spiro atoms. The maximum absolute atomic E-state index is 12.6. The van der Waals surface area contributed by atoms with Crippen LogP contribution in [0.1, 0.15) is 40.7 Å². The van der Waals surface area contributed by atoms with Gasteiger partial charge < -0.3 is 14.2 Å². The fourth-order valence-corrected chi connectivity index (χ4v) is 2.75. The Balaban J connectivity index is 1.84. The van der Waals surface area contributed by atoms with E-state index in [1.54, 1.807) is 18.2 Å². The molecule has 0 radical (unpaired) electrons. The molecule has 0 N–H and O–H groups in total. The second kappa shape index (κ2) is 5.84. The van der Waals surface area contributed by atoms with E-state index in [1.807, 2.05) is 20.0 Å². The minimum absolute atomic E-state index is 0.102. The standard InChI is InChI=1S/C15H19N5O2/c1-10-6-17-13(8-16-10)15(21)19-4-5-20-12(9-22-3)7-18-14(20)11(19)2/h6-8,11H,4-5,9H2,1-3H3/t11-/m1/s1. The first kappa shape index (κ1) is 14.6. The Hall–Kier alpha value is -2.28. The molecule has 0 saturated carbocycles. The van der Waals surface area contributed by atoms with Gasteiger partial charge in [-0.3, -0.25) is 9.78 Å². The van der Waals surface area contributed by atoms with Gasteiger partial charge in [0.2, 0.25) is 0 Å². The number of nitrogens with zero attached hydrogens (tertiary/aromatic N) is 5. The van der Waals surface area contributed by atoms with E-state index in [0.29, 0.717) is 25.4 Å². The SMILES string of the molecule is COCc1cnc2n1CCN(C(=O)c1cnc(C)cn1)[C@@H]2C. The van der Waals surface area contributed by atoms with Crippen molar-refractivity contribution in [2.24, 2.45) is 0 Å². The smallest absolute Gasteiger partial charge is 0.274 e. The zero-order valence-electron chi connectivity index (χ0n) is 13.0. The molecule has 2 aromatic rings. The summed E-state index contributed by atoms with van der Waals surface area (Å²) < 4.78 is 7.31. The summed E-state index contributed by atoms with van der Waals surface area (Å²) in [5, 5.41) is 0. The van der Waals surface area contributed by atoms with Crippen molar-refractivity contribution in [1.29, 1.82) is 0 Å². The number of imidazole rings is 1. The Morgan fingerprint density at radius 3 is 2.77 bits per heavy atom. The summed E-state index contributed by atoms with van der Waals surface area (Å²) >= 11 is 0. The summed E-state index contributed by atoms with van der Waals surface area (Å²) in [4.78, 5) is 27.2. The number of rotatable bonds is 3. The molecule has 0 aromatic carbocycles. The number of aryl methyl sites for hydroxylation is 1. The zero-order chi connectivity index (χ0) is 15.7. The number of carbonyl (C=O) groups excluding carboxylic acids is 1. The second-order valence-corrected chi connectivity index (χ2v) is 5.41. The highest BCUT2D eigenvalue weighted by Gasteiger charge is 2.31. The molecule has 0 fully saturated rings. The van der Waals surface area contributed by atoms with E-state index < -0.39 is 0 Å². The predicted octanol–water partition coefficient (Wildman–Crippen LogP) is 1.34. The van der Waals surface area contributed by atoms with Crippen LogP contribution in [0.2, 0.25) is 0 Å². The quantitative estimate of drug-likeness (QED) is 0.855. The van der Waals surface area contributed by atoms with Crippen LogP contribution in [0.3, 0.4) is 0 Å². The van der Waals surface area contributed by atoms with Crippen molar-refractivity contribution in [1.82, 2.24) is 24.4 Å². The summed E-state index contributed by atoms with van der Waals surface area (Å²) in [6.07, 6.45) is 4.95. The molecule has 2 aromatic heterocycles. The third kappa shape index (κ3) is 2.48. The lowest BCUT2D eigenvalue weighted by atomic mass is 10.2. The third-order valence-corrected chi connectivity index (χ3v) is 3.93. The van der Waals surface area contributed by atoms with Gasteiger partial charge in [0.05, 0.1) is 36.4 Å². The molecule has 7 nitrogen and oxygen atoms in total. The largest absolute Gasteiger partial charge is 0.378 e. The van der Waals surface area contributed by atoms with Crippen molar-refractivity contribution in [2.75, 3.05) is 13.7 Å². The Kier molecular flexibility index (Phi) is 3.89. The van der Waals surface area contributed by atoms with Gasteiger partial charge in [0, 0.05) is 26.4 Å². The maximum Gasteiger partial charge on any atom is 0.274 e. The van der Waals surface area contributed by atoms with Crippen LogP contribution in [0.4, 0.5) is 0 Å². The van der Waals surface area contributed by atoms with Crippen LogP contribution in [0.15, 0.2) is 18.6 Å². The number of carbonyl (C=O) groups is 1. The van der Waals surface area contributed by atoms with Crippen molar-refractivity contribution < 1.29 is 9.53 Å². The first-order valence-corrected chi connectivity index (χ1v) is 7.24. The molecule has 3 heterocycles. The van der Waals surface area contributed by atoms with Crippen molar-refractivity contribution in [3.05, 3.63) is 41.5 Å². The molecule has 7 heteroatoms. The average Bonchev–Trinajstić information content (AvgIpc) is 2.92. The molecule has 3 rings (SSSR count). The molecule has 0 aliphatic carbocycles. The molecule has 1 aliphatic heterocycles. The Morgan fingerprint density at radius 2 is 2.09 bits per heavy atom. The van der Waals surface area contributed by atoms with Crippen molar-refractivity contribution in [2.45, 2.75) is 33.0 Å². The molecule has 116 valence electrons. The fourth-order valence-electron chi connectivity index (χ4n) is 2.75. The Morgan fingerprint density at radius 1 is 1.27 bits per heavy atom. The van der Waals surface area contributed by atoms with Crippen molar-refractivity contribution in [3.63, 3.8) is 0 Å². The van der Waals surface area contributed by atoms with Crippen LogP contribution in [-0.4, -0.2) is 44.0 Å². The third-order valence-electron chi connectivity index (χ3n) is 3.93. The van der Waals surface area contributed by atoms with Crippen LogP contribution in [0, 0.1) is 6.92 Å². The molecule has 0 saturated heterocycles. The molecule has 22 heavy (non-hydrogen) atoms. The molecular formula is C15H19N5O2. The van der Waals surface area contributed by atoms with E-state index in [9.17, 15) is 4.79 Å². The van der Waals surface area contributed by atoms with Gasteiger partial charge in [0.15, 0.2) is 0 Å². The molecule has 0 unspecified atom stereocenters. The van der Waals surface area contributed by atoms with Crippen LogP contribution < -0.4 is 0 Å². The molecule has 1 amide bonds. The lowest BCUT2D eigenvalue weighted by Gasteiger charge is -2.34. The number of hydrogen-bond donors (Lipinski definition) is 0. The number of aromatic nitrogens is 4. The summed E-state index contributed by atoms with van der Waals surface area (Å²) in [5.74, 6) is 0.772. The zero-order valence-corrected chi connectivity index (χ0v) is 13.0. The highest BCUT2D eigenvalue weighted by molar-refractivity contribution is 5.92. The number of amides is 1. The number of fused-ring (bicyclic) bond motifs is 1. The van der Waals surface area contributed by atoms with E-state index in [-0.39, 0.29) is 11.9 Å². The maximum atomic E-state index is 12.6. The van der Waals surface area contributed by atoms with Gasteiger partial charge in [-0.25, -0.2) is 9.97 Å². The van der Waals surface area contributed by atoms with Crippen LogP contribution in [0.25, 0.3) is 0 Å². The van der Waals surface area contributed by atoms with Gasteiger partial charge in [-0.15, -0.1) is 0 Å². The Bertz CT molecular complexity index is 680. The minimum Gasteiger partial charge on any atom is -0.378 e. The molecule has 1 aliphatic rings. The number of ether oxygens (including phenoxy) is 1. The summed E-state index contributed by atoms with van der Waals surface area (Å²) in [5.41, 5.74) is 2.20.